The Morgan fingerprint density at radius 3 is 2.38 bits per heavy atom. The van der Waals surface area contributed by atoms with E-state index in [1.165, 1.54) is 12.1 Å². The van der Waals surface area contributed by atoms with Gasteiger partial charge >= 0.3 is 0 Å². The molecule has 3 rings (SSSR count). The van der Waals surface area contributed by atoms with Gasteiger partial charge in [0.25, 0.3) is 0 Å². The molecule has 1 unspecified atom stereocenters. The molecule has 1 aliphatic rings. The lowest BCUT2D eigenvalue weighted by molar-refractivity contribution is -0.231. The van der Waals surface area contributed by atoms with Crippen molar-refractivity contribution in [3.8, 4) is 5.75 Å². The molecule has 8 heteroatoms. The molecule has 1 fully saturated rings. The highest BCUT2D eigenvalue weighted by Crippen LogP contribution is 2.34. The highest BCUT2D eigenvalue weighted by atomic mass is 35.5. The van der Waals surface area contributed by atoms with Crippen LogP contribution in [-0.2, 0) is 4.74 Å². The molecule has 1 heterocycles. The number of benzene rings is 2. The van der Waals surface area contributed by atoms with Crippen molar-refractivity contribution >= 4 is 17.4 Å². The minimum absolute atomic E-state index is 0.199. The van der Waals surface area contributed by atoms with Crippen LogP contribution in [-0.4, -0.2) is 63.8 Å². The van der Waals surface area contributed by atoms with Gasteiger partial charge in [0.05, 0.1) is 18.2 Å². The van der Waals surface area contributed by atoms with Crippen LogP contribution < -0.4 is 4.74 Å². The Bertz CT molecular complexity index is 853. The van der Waals surface area contributed by atoms with E-state index in [1.807, 2.05) is 6.92 Å². The van der Waals surface area contributed by atoms with Gasteiger partial charge in [-0.1, -0.05) is 17.7 Å². The van der Waals surface area contributed by atoms with E-state index in [4.69, 9.17) is 21.1 Å². The molecular weight excluding hydrogens is 400 g/mol. The number of ether oxygens (including phenoxy) is 2. The lowest BCUT2D eigenvalue weighted by Gasteiger charge is -2.40. The predicted molar refractivity (Wildman–Crippen MR) is 105 cm³/mol. The van der Waals surface area contributed by atoms with Gasteiger partial charge in [-0.25, -0.2) is 0 Å². The van der Waals surface area contributed by atoms with Crippen LogP contribution in [0.3, 0.4) is 0 Å². The molecule has 0 bridgehead atoms. The van der Waals surface area contributed by atoms with E-state index in [0.29, 0.717) is 23.5 Å². The summed E-state index contributed by atoms with van der Waals surface area (Å²) in [5.41, 5.74) is 0.993. The van der Waals surface area contributed by atoms with Crippen LogP contribution in [0.5, 0.6) is 5.75 Å². The first kappa shape index (κ1) is 21.7. The van der Waals surface area contributed by atoms with Gasteiger partial charge in [-0.2, -0.15) is 0 Å². The van der Waals surface area contributed by atoms with Gasteiger partial charge in [-0.3, -0.25) is 4.79 Å². The third-order valence-electron chi connectivity index (χ3n) is 4.88. The molecule has 1 aliphatic heterocycles. The Kier molecular flexibility index (Phi) is 6.89. The smallest absolute Gasteiger partial charge is 0.194 e. The lowest BCUT2D eigenvalue weighted by Crippen LogP contribution is -2.55. The number of rotatable bonds is 6. The number of hydrogen-bond donors (Lipinski definition) is 4. The molecule has 0 amide bonds. The summed E-state index contributed by atoms with van der Waals surface area (Å²) < 4.78 is 10.9. The number of carbonyl (C=O) groups is 1. The van der Waals surface area contributed by atoms with E-state index in [2.05, 4.69) is 0 Å². The largest absolute Gasteiger partial charge is 0.494 e. The quantitative estimate of drug-likeness (QED) is 0.521. The van der Waals surface area contributed by atoms with Gasteiger partial charge in [-0.05, 0) is 48.9 Å². The first-order valence-electron chi connectivity index (χ1n) is 9.24. The molecule has 29 heavy (non-hydrogen) atoms. The van der Waals surface area contributed by atoms with Crippen LogP contribution in [0, 0.1) is 0 Å². The highest BCUT2D eigenvalue weighted by Gasteiger charge is 2.44. The third-order valence-corrected chi connectivity index (χ3v) is 5.21. The van der Waals surface area contributed by atoms with Gasteiger partial charge in [0.1, 0.15) is 36.3 Å². The molecular formula is C21H23ClO7. The maximum Gasteiger partial charge on any atom is 0.194 e. The van der Waals surface area contributed by atoms with E-state index in [1.54, 1.807) is 30.3 Å². The molecule has 2 aromatic carbocycles. The zero-order valence-electron chi connectivity index (χ0n) is 15.7. The molecule has 5 atom stereocenters. The van der Waals surface area contributed by atoms with Crippen molar-refractivity contribution in [1.82, 2.24) is 0 Å². The molecule has 1 saturated heterocycles. The first-order valence-corrected chi connectivity index (χ1v) is 9.62. The van der Waals surface area contributed by atoms with Crippen molar-refractivity contribution in [2.24, 2.45) is 0 Å². The molecule has 0 aliphatic carbocycles. The van der Waals surface area contributed by atoms with E-state index in [9.17, 15) is 25.2 Å². The molecule has 2 aromatic rings. The summed E-state index contributed by atoms with van der Waals surface area (Å²) in [6.45, 7) is 1.84. The number of hydrogen-bond acceptors (Lipinski definition) is 7. The normalized spacial score (nSPS) is 26.9. The lowest BCUT2D eigenvalue weighted by atomic mass is 9.90. The zero-order chi connectivity index (χ0) is 21.1. The summed E-state index contributed by atoms with van der Waals surface area (Å²) in [4.78, 5) is 12.9. The van der Waals surface area contributed by atoms with E-state index in [0.717, 1.165) is 0 Å². The van der Waals surface area contributed by atoms with Gasteiger partial charge < -0.3 is 29.9 Å². The second kappa shape index (κ2) is 9.21. The third kappa shape index (κ3) is 4.45. The molecule has 4 N–H and O–H groups in total. The van der Waals surface area contributed by atoms with Crippen molar-refractivity contribution in [3.05, 3.63) is 64.2 Å². The topological polar surface area (TPSA) is 116 Å². The van der Waals surface area contributed by atoms with Crippen LogP contribution in [0.15, 0.2) is 42.5 Å². The van der Waals surface area contributed by atoms with Gasteiger partial charge in [0, 0.05) is 11.1 Å². The minimum Gasteiger partial charge on any atom is -0.494 e. The van der Waals surface area contributed by atoms with Crippen molar-refractivity contribution in [3.63, 3.8) is 0 Å². The summed E-state index contributed by atoms with van der Waals surface area (Å²) in [6, 6.07) is 11.2. The second-order valence-electron chi connectivity index (χ2n) is 6.78. The van der Waals surface area contributed by atoms with Crippen molar-refractivity contribution in [1.29, 1.82) is 0 Å². The Morgan fingerprint density at radius 2 is 1.76 bits per heavy atom. The Hall–Kier alpha value is -2.00. The number of ketones is 1. The molecule has 0 aromatic heterocycles. The molecule has 0 spiro atoms. The molecule has 7 nitrogen and oxygen atoms in total. The summed E-state index contributed by atoms with van der Waals surface area (Å²) in [7, 11) is 0. The van der Waals surface area contributed by atoms with Gasteiger partial charge in [-0.15, -0.1) is 0 Å². The monoisotopic (exact) mass is 422 g/mol. The Morgan fingerprint density at radius 1 is 1.07 bits per heavy atom. The minimum atomic E-state index is -1.51. The maximum absolute atomic E-state index is 12.9. The van der Waals surface area contributed by atoms with Crippen LogP contribution in [0.1, 0.15) is 34.5 Å². The van der Waals surface area contributed by atoms with Gasteiger partial charge in [0.15, 0.2) is 5.78 Å². The average Bonchev–Trinajstić information content (AvgIpc) is 2.73. The maximum atomic E-state index is 12.9. The fraction of sp³-hybridized carbons (Fsp3) is 0.381. The van der Waals surface area contributed by atoms with Crippen LogP contribution >= 0.6 is 11.6 Å². The number of carbonyl (C=O) groups excluding carboxylic acids is 1. The van der Waals surface area contributed by atoms with Crippen molar-refractivity contribution in [2.45, 2.75) is 37.4 Å². The Balaban J connectivity index is 1.90. The van der Waals surface area contributed by atoms with E-state index < -0.39 is 37.1 Å². The predicted octanol–water partition coefficient (Wildman–Crippen LogP) is 1.48. The van der Waals surface area contributed by atoms with Crippen LogP contribution in [0.4, 0.5) is 0 Å². The first-order chi connectivity index (χ1) is 13.9. The fourth-order valence-electron chi connectivity index (χ4n) is 3.30. The summed E-state index contributed by atoms with van der Waals surface area (Å²) in [5.74, 6) is 0.315. The number of aliphatic hydroxyl groups excluding tert-OH is 4. The van der Waals surface area contributed by atoms with E-state index in [-0.39, 0.29) is 16.4 Å². The van der Waals surface area contributed by atoms with E-state index >= 15 is 0 Å². The standard InChI is InChI=1S/C21H23ClO7/c1-2-28-13-6-3-11(4-7-13)17(24)14-9-12(5-8-15(14)22)21-20(27)19(26)18(25)16(10-23)29-21/h3-9,16,18-21,23,25-27H,2,10H2,1H3/t16-,18-,19+,20-,21?/m1/s1. The Labute approximate surface area is 173 Å². The second-order valence-corrected chi connectivity index (χ2v) is 7.18. The summed E-state index contributed by atoms with van der Waals surface area (Å²) >= 11 is 6.23. The average molecular weight is 423 g/mol. The van der Waals surface area contributed by atoms with Crippen LogP contribution in [0.25, 0.3) is 0 Å². The molecule has 0 saturated carbocycles. The summed E-state index contributed by atoms with van der Waals surface area (Å²) in [6.07, 6.45) is -6.49. The molecule has 156 valence electrons. The summed E-state index contributed by atoms with van der Waals surface area (Å²) in [5, 5.41) is 39.9. The van der Waals surface area contributed by atoms with Crippen LogP contribution in [0.2, 0.25) is 5.02 Å². The number of halogens is 1. The SMILES string of the molecule is CCOc1ccc(C(=O)c2cc(C3O[C@H](CO)[C@@H](O)[C@H](O)[C@H]3O)ccc2Cl)cc1. The molecule has 0 radical (unpaired) electrons. The fourth-order valence-corrected chi connectivity index (χ4v) is 3.50. The highest BCUT2D eigenvalue weighted by molar-refractivity contribution is 6.35. The zero-order valence-corrected chi connectivity index (χ0v) is 16.5. The number of aliphatic hydroxyl groups is 4. The van der Waals surface area contributed by atoms with Gasteiger partial charge in [0.2, 0.25) is 0 Å². The van der Waals surface area contributed by atoms with Crippen molar-refractivity contribution in [2.75, 3.05) is 13.2 Å². The van der Waals surface area contributed by atoms with Crippen molar-refractivity contribution < 1.29 is 34.7 Å².